The number of benzene rings is 1. The van der Waals surface area contributed by atoms with Crippen molar-refractivity contribution in [2.75, 3.05) is 18.5 Å². The maximum Gasteiger partial charge on any atom is 0.171 e. The molecule has 0 radical (unpaired) electrons. The Kier molecular flexibility index (Phi) is 3.73. The number of nitrogens with zero attached hydrogens (tertiary/aromatic N) is 2. The Bertz CT molecular complexity index is 696. The minimum absolute atomic E-state index is 0.205. The zero-order chi connectivity index (χ0) is 15.9. The molecule has 1 aromatic carbocycles. The van der Waals surface area contributed by atoms with Crippen LogP contribution in [0.5, 0.6) is 0 Å². The van der Waals surface area contributed by atoms with E-state index in [1.165, 1.54) is 0 Å². The van der Waals surface area contributed by atoms with Crippen LogP contribution in [0, 0.1) is 0 Å². The van der Waals surface area contributed by atoms with E-state index >= 15 is 0 Å². The summed E-state index contributed by atoms with van der Waals surface area (Å²) in [7, 11) is 0. The van der Waals surface area contributed by atoms with Crippen LogP contribution in [-0.2, 0) is 16.0 Å². The van der Waals surface area contributed by atoms with Crippen molar-refractivity contribution in [3.63, 3.8) is 0 Å². The normalized spacial score (nSPS) is 26.9. The molecule has 0 bridgehead atoms. The van der Waals surface area contributed by atoms with E-state index in [4.69, 9.17) is 9.47 Å². The van der Waals surface area contributed by atoms with E-state index in [9.17, 15) is 4.39 Å². The number of aromatic nitrogens is 2. The van der Waals surface area contributed by atoms with E-state index in [0.717, 1.165) is 29.6 Å². The number of halogens is 1. The van der Waals surface area contributed by atoms with E-state index in [2.05, 4.69) is 17.3 Å². The smallest absolute Gasteiger partial charge is 0.171 e. The molecule has 1 aliphatic heterocycles. The van der Waals surface area contributed by atoms with Crippen LogP contribution in [0.1, 0.15) is 26.2 Å². The molecule has 2 fully saturated rings. The van der Waals surface area contributed by atoms with Gasteiger partial charge in [0.15, 0.2) is 5.79 Å². The second-order valence-electron chi connectivity index (χ2n) is 6.35. The van der Waals surface area contributed by atoms with Gasteiger partial charge in [0, 0.05) is 30.5 Å². The number of ether oxygens (including phenoxy) is 2. The molecule has 2 aromatic rings. The van der Waals surface area contributed by atoms with Gasteiger partial charge in [-0.15, -0.1) is 0 Å². The van der Waals surface area contributed by atoms with Gasteiger partial charge < -0.3 is 14.8 Å². The van der Waals surface area contributed by atoms with Gasteiger partial charge in [0.25, 0.3) is 0 Å². The summed E-state index contributed by atoms with van der Waals surface area (Å²) in [4.78, 5) is 0. The van der Waals surface area contributed by atoms with Crippen LogP contribution in [0.15, 0.2) is 24.4 Å². The molecule has 1 N–H and O–H groups in total. The SMILES string of the molecule is CCn1ncc2ccc(NC3CCC4(CC3F)OCCO4)cc21. The lowest BCUT2D eigenvalue weighted by molar-refractivity contribution is -0.189. The Labute approximate surface area is 134 Å². The standard InChI is InChI=1S/C17H22FN3O2/c1-2-21-16-9-13(4-3-12(16)11-19-21)20-15-5-6-17(10-14(15)18)22-7-8-23-17/h3-4,9,11,14-15,20H,2,5-8,10H2,1H3. The largest absolute Gasteiger partial charge is 0.379 e. The Morgan fingerprint density at radius 1 is 1.39 bits per heavy atom. The lowest BCUT2D eigenvalue weighted by Crippen LogP contribution is -2.46. The molecule has 2 atom stereocenters. The van der Waals surface area contributed by atoms with E-state index in [-0.39, 0.29) is 6.04 Å². The van der Waals surface area contributed by atoms with Crippen molar-refractivity contribution in [3.8, 4) is 0 Å². The van der Waals surface area contributed by atoms with Gasteiger partial charge in [-0.05, 0) is 31.5 Å². The van der Waals surface area contributed by atoms with Crippen molar-refractivity contribution < 1.29 is 13.9 Å². The van der Waals surface area contributed by atoms with E-state index in [1.807, 2.05) is 29.1 Å². The van der Waals surface area contributed by atoms with E-state index < -0.39 is 12.0 Å². The first kappa shape index (κ1) is 14.9. The first-order valence-electron chi connectivity index (χ1n) is 8.33. The summed E-state index contributed by atoms with van der Waals surface area (Å²) >= 11 is 0. The van der Waals surface area contributed by atoms with Gasteiger partial charge in [0.1, 0.15) is 6.17 Å². The number of rotatable bonds is 3. The highest BCUT2D eigenvalue weighted by molar-refractivity contribution is 5.82. The monoisotopic (exact) mass is 319 g/mol. The predicted molar refractivity (Wildman–Crippen MR) is 86.2 cm³/mol. The first-order chi connectivity index (χ1) is 11.2. The van der Waals surface area contributed by atoms with Crippen LogP contribution in [-0.4, -0.2) is 41.0 Å². The van der Waals surface area contributed by atoms with Crippen molar-refractivity contribution in [2.24, 2.45) is 0 Å². The van der Waals surface area contributed by atoms with Crippen LogP contribution in [0.25, 0.3) is 10.9 Å². The van der Waals surface area contributed by atoms with Crippen LogP contribution in [0.3, 0.4) is 0 Å². The summed E-state index contributed by atoms with van der Waals surface area (Å²) in [6.45, 7) is 4.02. The molecule has 0 amide bonds. The lowest BCUT2D eigenvalue weighted by atomic mass is 9.88. The Balaban J connectivity index is 1.49. The molecule has 5 nitrogen and oxygen atoms in total. The minimum atomic E-state index is -0.978. The molecule has 1 saturated carbocycles. The molecule has 2 unspecified atom stereocenters. The highest BCUT2D eigenvalue weighted by Crippen LogP contribution is 2.38. The van der Waals surface area contributed by atoms with Gasteiger partial charge >= 0.3 is 0 Å². The molecule has 124 valence electrons. The summed E-state index contributed by atoms with van der Waals surface area (Å²) < 4.78 is 27.8. The molecule has 2 aliphatic rings. The quantitative estimate of drug-likeness (QED) is 0.944. The fourth-order valence-electron chi connectivity index (χ4n) is 3.65. The zero-order valence-electron chi connectivity index (χ0n) is 13.3. The van der Waals surface area contributed by atoms with Crippen molar-refractivity contribution in [3.05, 3.63) is 24.4 Å². The molecular formula is C17H22FN3O2. The number of aryl methyl sites for hydroxylation is 1. The summed E-state index contributed by atoms with van der Waals surface area (Å²) in [6.07, 6.45) is 2.63. The molecule has 6 heteroatoms. The maximum atomic E-state index is 14.6. The Morgan fingerprint density at radius 3 is 2.96 bits per heavy atom. The maximum absolute atomic E-state index is 14.6. The average Bonchev–Trinajstić information content (AvgIpc) is 3.17. The molecule has 23 heavy (non-hydrogen) atoms. The van der Waals surface area contributed by atoms with E-state index in [0.29, 0.717) is 26.1 Å². The highest BCUT2D eigenvalue weighted by atomic mass is 19.1. The second-order valence-corrected chi connectivity index (χ2v) is 6.35. The number of alkyl halides is 1. The third kappa shape index (κ3) is 2.70. The minimum Gasteiger partial charge on any atom is -0.379 e. The summed E-state index contributed by atoms with van der Waals surface area (Å²) in [6, 6.07) is 5.86. The third-order valence-corrected chi connectivity index (χ3v) is 4.89. The zero-order valence-corrected chi connectivity index (χ0v) is 13.3. The third-order valence-electron chi connectivity index (χ3n) is 4.89. The van der Waals surface area contributed by atoms with Crippen LogP contribution in [0.2, 0.25) is 0 Å². The molecule has 1 spiro atoms. The number of hydrogen-bond donors (Lipinski definition) is 1. The predicted octanol–water partition coefficient (Wildman–Crippen LogP) is 3.10. The number of hydrogen-bond acceptors (Lipinski definition) is 4. The van der Waals surface area contributed by atoms with Crippen molar-refractivity contribution >= 4 is 16.6 Å². The van der Waals surface area contributed by atoms with Crippen LogP contribution >= 0.6 is 0 Å². The number of fused-ring (bicyclic) bond motifs is 1. The molecule has 1 aromatic heterocycles. The molecule has 1 aliphatic carbocycles. The van der Waals surface area contributed by atoms with Crippen molar-refractivity contribution in [2.45, 2.75) is 50.7 Å². The summed E-state index contributed by atoms with van der Waals surface area (Å²) in [5, 5.41) is 8.79. The van der Waals surface area contributed by atoms with E-state index in [1.54, 1.807) is 0 Å². The van der Waals surface area contributed by atoms with Crippen molar-refractivity contribution in [1.82, 2.24) is 9.78 Å². The van der Waals surface area contributed by atoms with Crippen LogP contribution < -0.4 is 5.32 Å². The number of nitrogens with one attached hydrogen (secondary N) is 1. The fraction of sp³-hybridized carbons (Fsp3) is 0.588. The topological polar surface area (TPSA) is 48.3 Å². The van der Waals surface area contributed by atoms with Crippen LogP contribution in [0.4, 0.5) is 10.1 Å². The highest BCUT2D eigenvalue weighted by Gasteiger charge is 2.45. The number of anilines is 1. The molecule has 1 saturated heterocycles. The molecular weight excluding hydrogens is 297 g/mol. The van der Waals surface area contributed by atoms with Gasteiger partial charge in [-0.2, -0.15) is 5.10 Å². The van der Waals surface area contributed by atoms with Gasteiger partial charge in [0.2, 0.25) is 0 Å². The average molecular weight is 319 g/mol. The first-order valence-corrected chi connectivity index (χ1v) is 8.33. The van der Waals surface area contributed by atoms with Gasteiger partial charge in [-0.3, -0.25) is 4.68 Å². The molecule has 2 heterocycles. The summed E-state index contributed by atoms with van der Waals surface area (Å²) in [5.41, 5.74) is 2.01. The van der Waals surface area contributed by atoms with Gasteiger partial charge in [0.05, 0.1) is 31.0 Å². The Morgan fingerprint density at radius 2 is 2.22 bits per heavy atom. The van der Waals surface area contributed by atoms with Gasteiger partial charge in [-0.25, -0.2) is 4.39 Å². The van der Waals surface area contributed by atoms with Gasteiger partial charge in [-0.1, -0.05) is 0 Å². The fourth-order valence-corrected chi connectivity index (χ4v) is 3.65. The Hall–Kier alpha value is -1.66. The lowest BCUT2D eigenvalue weighted by Gasteiger charge is -2.38. The summed E-state index contributed by atoms with van der Waals surface area (Å²) in [5.74, 6) is -0.678. The second kappa shape index (κ2) is 5.76. The molecule has 4 rings (SSSR count). The van der Waals surface area contributed by atoms with Crippen molar-refractivity contribution in [1.29, 1.82) is 0 Å².